The second-order valence-electron chi connectivity index (χ2n) is 19.5. The summed E-state index contributed by atoms with van der Waals surface area (Å²) < 4.78 is 36.7. The van der Waals surface area contributed by atoms with Crippen molar-refractivity contribution in [2.75, 3.05) is 72.6 Å². The highest BCUT2D eigenvalue weighted by molar-refractivity contribution is 4.82. The molecule has 9 heteroatoms. The highest BCUT2D eigenvalue weighted by Gasteiger charge is 2.23. The highest BCUT2D eigenvalue weighted by Crippen LogP contribution is 2.19. The third-order valence-electron chi connectivity index (χ3n) is 13.0. The Kier molecular flexibility index (Phi) is 60.4. The second kappa shape index (κ2) is 61.7. The van der Waals surface area contributed by atoms with Crippen molar-refractivity contribution >= 4 is 0 Å². The summed E-state index contributed by atoms with van der Waals surface area (Å²) in [6.45, 7) is 12.8. The van der Waals surface area contributed by atoms with E-state index >= 15 is 0 Å². The molecule has 0 saturated heterocycles. The van der Waals surface area contributed by atoms with Gasteiger partial charge in [-0.3, -0.25) is 0 Å². The van der Waals surface area contributed by atoms with Crippen LogP contribution in [0.15, 0.2) is 29.4 Å². The van der Waals surface area contributed by atoms with E-state index in [1.54, 1.807) is 0 Å². The van der Waals surface area contributed by atoms with Crippen LogP contribution >= 0.6 is 0 Å². The van der Waals surface area contributed by atoms with Crippen molar-refractivity contribution in [2.45, 2.75) is 283 Å². The van der Waals surface area contributed by atoms with Gasteiger partial charge >= 0.3 is 0 Å². The lowest BCUT2D eigenvalue weighted by molar-refractivity contribution is -0.116. The Labute approximate surface area is 422 Å². The van der Waals surface area contributed by atoms with Gasteiger partial charge in [-0.05, 0) is 76.2 Å². The molecule has 0 aliphatic heterocycles. The minimum Gasteiger partial charge on any atom is -0.379 e. The van der Waals surface area contributed by atoms with E-state index in [-0.39, 0.29) is 12.2 Å². The predicted molar refractivity (Wildman–Crippen MR) is 292 cm³/mol. The van der Waals surface area contributed by atoms with Crippen molar-refractivity contribution in [1.29, 1.82) is 0 Å². The van der Waals surface area contributed by atoms with E-state index in [4.69, 9.17) is 34.0 Å². The van der Waals surface area contributed by atoms with E-state index in [0.717, 1.165) is 38.9 Å². The Morgan fingerprint density at radius 3 is 1.10 bits per heavy atom. The maximum atomic E-state index is 8.37. The molecule has 0 aliphatic rings. The summed E-state index contributed by atoms with van der Waals surface area (Å²) in [6.07, 6.45) is 60.6. The summed E-state index contributed by atoms with van der Waals surface area (Å²) in [6, 6.07) is 0. The average molecular weight is 963 g/mol. The number of azide groups is 1. The number of hydrogen-bond acceptors (Lipinski definition) is 7. The van der Waals surface area contributed by atoms with E-state index < -0.39 is 0 Å². The molecule has 0 N–H and O–H groups in total. The van der Waals surface area contributed by atoms with E-state index in [1.165, 1.54) is 225 Å². The summed E-state index contributed by atoms with van der Waals surface area (Å²) in [5.41, 5.74) is 8.37. The summed E-state index contributed by atoms with van der Waals surface area (Å²) in [5.74, 6) is 0. The van der Waals surface area contributed by atoms with Crippen molar-refractivity contribution in [2.24, 2.45) is 5.11 Å². The molecule has 0 saturated carbocycles. The number of allylic oxidation sites excluding steroid dienone is 4. The van der Waals surface area contributed by atoms with Gasteiger partial charge in [-0.15, -0.1) is 0 Å². The fourth-order valence-electron chi connectivity index (χ4n) is 8.66. The molecule has 402 valence electrons. The second-order valence-corrected chi connectivity index (χ2v) is 19.5. The summed E-state index contributed by atoms with van der Waals surface area (Å²) in [5, 5.41) is 3.48. The molecule has 68 heavy (non-hydrogen) atoms. The van der Waals surface area contributed by atoms with Gasteiger partial charge in [0.1, 0.15) is 6.10 Å². The first-order chi connectivity index (χ1) is 33.8. The van der Waals surface area contributed by atoms with Crippen LogP contribution < -0.4 is 0 Å². The molecule has 2 unspecified atom stereocenters. The van der Waals surface area contributed by atoms with E-state index in [9.17, 15) is 0 Å². The number of unbranched alkanes of at least 4 members (excludes halogenated alkanes) is 33. The first-order valence-corrected chi connectivity index (χ1v) is 29.6. The van der Waals surface area contributed by atoms with Crippen LogP contribution in [0, 0.1) is 0 Å². The summed E-state index contributed by atoms with van der Waals surface area (Å²) >= 11 is 0. The van der Waals surface area contributed by atoms with Gasteiger partial charge in [0.05, 0.1) is 59.0 Å². The highest BCUT2D eigenvalue weighted by atomic mass is 16.6. The van der Waals surface area contributed by atoms with Crippen molar-refractivity contribution in [3.63, 3.8) is 0 Å². The van der Waals surface area contributed by atoms with Crippen molar-refractivity contribution < 1.29 is 28.4 Å². The maximum Gasteiger partial charge on any atom is 0.107 e. The molecule has 0 rings (SSSR count). The van der Waals surface area contributed by atoms with E-state index in [2.05, 4.69) is 55.1 Å². The Balaban J connectivity index is 4.87. The van der Waals surface area contributed by atoms with E-state index in [1.807, 2.05) is 0 Å². The van der Waals surface area contributed by atoms with Gasteiger partial charge in [0.25, 0.3) is 0 Å². The third kappa shape index (κ3) is 55.5. The summed E-state index contributed by atoms with van der Waals surface area (Å²) in [7, 11) is 0. The maximum absolute atomic E-state index is 8.37. The fourth-order valence-corrected chi connectivity index (χ4v) is 8.66. The molecule has 0 aromatic heterocycles. The lowest BCUT2D eigenvalue weighted by atomic mass is 10.0. The Morgan fingerprint density at radius 1 is 0.338 bits per heavy atom. The zero-order valence-corrected chi connectivity index (χ0v) is 45.6. The quantitative estimate of drug-likeness (QED) is 0.0198. The molecule has 0 aromatic carbocycles. The molecule has 9 nitrogen and oxygen atoms in total. The van der Waals surface area contributed by atoms with Crippen LogP contribution in [0.3, 0.4) is 0 Å². The molecule has 0 aromatic rings. The monoisotopic (exact) mass is 962 g/mol. The SMILES string of the molecule is CCCCCCCC/C=C\CCCCCCCCOCC(OCCCCCCCC/C=C\CCCCCCCC)C(CCCCCCCCCCCC)OCCOCCOCCOCCN=[N+]=[N-]. The topological polar surface area (TPSA) is 104 Å². The molecule has 0 bridgehead atoms. The minimum atomic E-state index is -0.0620. The van der Waals surface area contributed by atoms with Crippen LogP contribution in [0.25, 0.3) is 10.4 Å². The number of ether oxygens (including phenoxy) is 6. The average Bonchev–Trinajstić information content (AvgIpc) is 3.35. The van der Waals surface area contributed by atoms with Crippen LogP contribution in [0.4, 0.5) is 0 Å². The smallest absolute Gasteiger partial charge is 0.107 e. The van der Waals surface area contributed by atoms with Crippen molar-refractivity contribution in [3.8, 4) is 0 Å². The van der Waals surface area contributed by atoms with E-state index in [0.29, 0.717) is 59.4 Å². The first-order valence-electron chi connectivity index (χ1n) is 29.6. The Bertz CT molecular complexity index is 1040. The van der Waals surface area contributed by atoms with Gasteiger partial charge in [-0.1, -0.05) is 230 Å². The molecule has 0 radical (unpaired) electrons. The van der Waals surface area contributed by atoms with Crippen LogP contribution in [-0.2, 0) is 28.4 Å². The predicted octanol–water partition coefficient (Wildman–Crippen LogP) is 18.5. The standard InChI is InChI=1S/C59H115N3O6/c1-4-7-10-13-16-19-22-24-26-28-30-32-35-38-41-44-48-66-57-59(67-49-45-42-39-36-33-31-29-27-25-23-20-17-14-11-8-5-2)58(46-43-40-37-34-21-18-15-12-9-6-3)68-56-55-65-54-53-64-52-51-63-50-47-61-62-60/h24-27,58-59H,4-23,28-57H2,1-3H3/b26-24-,27-25-. The molecular weight excluding hydrogens is 847 g/mol. The number of hydrogen-bond donors (Lipinski definition) is 0. The van der Waals surface area contributed by atoms with Gasteiger partial charge in [-0.25, -0.2) is 0 Å². The van der Waals surface area contributed by atoms with Crippen LogP contribution in [0.1, 0.15) is 271 Å². The van der Waals surface area contributed by atoms with Gasteiger partial charge < -0.3 is 28.4 Å². The molecule has 0 fully saturated rings. The van der Waals surface area contributed by atoms with Crippen LogP contribution in [-0.4, -0.2) is 84.8 Å². The van der Waals surface area contributed by atoms with Crippen LogP contribution in [0.5, 0.6) is 0 Å². The largest absolute Gasteiger partial charge is 0.379 e. The zero-order valence-electron chi connectivity index (χ0n) is 45.6. The van der Waals surface area contributed by atoms with Gasteiger partial charge in [0, 0.05) is 24.7 Å². The number of rotatable bonds is 60. The molecule has 0 heterocycles. The Morgan fingerprint density at radius 2 is 0.676 bits per heavy atom. The zero-order chi connectivity index (χ0) is 49.0. The lowest BCUT2D eigenvalue weighted by Crippen LogP contribution is -2.37. The normalized spacial score (nSPS) is 12.8. The summed E-state index contributed by atoms with van der Waals surface area (Å²) in [4.78, 5) is 2.74. The molecule has 0 spiro atoms. The molecular formula is C59H115N3O6. The number of nitrogens with zero attached hydrogens (tertiary/aromatic N) is 3. The minimum absolute atomic E-state index is 0.000340. The van der Waals surface area contributed by atoms with Gasteiger partial charge in [-0.2, -0.15) is 0 Å². The molecule has 0 amide bonds. The van der Waals surface area contributed by atoms with Gasteiger partial charge in [0.2, 0.25) is 0 Å². The lowest BCUT2D eigenvalue weighted by Gasteiger charge is -2.28. The first kappa shape index (κ1) is 66.6. The molecule has 2 atom stereocenters. The Hall–Kier alpha value is -1.45. The third-order valence-corrected chi connectivity index (χ3v) is 13.0. The fraction of sp³-hybridized carbons (Fsp3) is 0.932. The van der Waals surface area contributed by atoms with Crippen molar-refractivity contribution in [3.05, 3.63) is 34.7 Å². The van der Waals surface area contributed by atoms with Gasteiger partial charge in [0.15, 0.2) is 0 Å². The molecule has 0 aliphatic carbocycles. The van der Waals surface area contributed by atoms with Crippen LogP contribution in [0.2, 0.25) is 0 Å². The van der Waals surface area contributed by atoms with Crippen molar-refractivity contribution in [1.82, 2.24) is 0 Å².